The Morgan fingerprint density at radius 2 is 1.43 bits per heavy atom. The monoisotopic (exact) mass is 561 g/mol. The number of aryl methyl sites for hydroxylation is 1. The smallest absolute Gasteiger partial charge is 0.264 e. The minimum Gasteiger partial charge on any atom is -0.357 e. The van der Waals surface area contributed by atoms with E-state index in [1.807, 2.05) is 6.92 Å². The van der Waals surface area contributed by atoms with E-state index in [1.54, 1.807) is 67.6 Å². The summed E-state index contributed by atoms with van der Waals surface area (Å²) in [7, 11) is -2.63. The van der Waals surface area contributed by atoms with E-state index in [1.165, 1.54) is 24.1 Å². The Morgan fingerprint density at radius 1 is 0.892 bits per heavy atom. The van der Waals surface area contributed by atoms with Crippen LogP contribution in [-0.2, 0) is 26.2 Å². The van der Waals surface area contributed by atoms with Crippen molar-refractivity contribution >= 4 is 50.7 Å². The van der Waals surface area contributed by atoms with Crippen LogP contribution in [0.25, 0.3) is 0 Å². The summed E-state index contributed by atoms with van der Waals surface area (Å²) in [6.45, 7) is 3.23. The first kappa shape index (κ1) is 28.5. The number of sulfonamides is 1. The summed E-state index contributed by atoms with van der Waals surface area (Å²) in [4.78, 5) is 28.0. The lowest BCUT2D eigenvalue weighted by atomic mass is 10.1. The Kier molecular flexibility index (Phi) is 9.59. The summed E-state index contributed by atoms with van der Waals surface area (Å²) in [5, 5.41) is 3.57. The van der Waals surface area contributed by atoms with Gasteiger partial charge in [0.05, 0.1) is 10.6 Å². The van der Waals surface area contributed by atoms with Crippen LogP contribution in [0.15, 0.2) is 77.7 Å². The standard InChI is InChI=1S/C27H29Cl2N3O4S/c1-4-25(27(34)30-3)31(17-20-7-9-21(28)10-8-20)26(33)18-32(23-13-11-22(29)12-14-23)37(35,36)24-15-5-19(2)6-16-24/h5-16,25H,4,17-18H2,1-3H3,(H,30,34). The number of anilines is 1. The molecule has 0 saturated carbocycles. The van der Waals surface area contributed by atoms with Gasteiger partial charge in [0, 0.05) is 23.6 Å². The molecule has 7 nitrogen and oxygen atoms in total. The van der Waals surface area contributed by atoms with Crippen molar-refractivity contribution in [2.24, 2.45) is 0 Å². The molecule has 0 heterocycles. The zero-order chi connectivity index (χ0) is 27.2. The number of hydrogen-bond donors (Lipinski definition) is 1. The summed E-state index contributed by atoms with van der Waals surface area (Å²) >= 11 is 12.0. The molecule has 0 aliphatic heterocycles. The van der Waals surface area contributed by atoms with E-state index in [-0.39, 0.29) is 23.0 Å². The Labute approximate surface area is 228 Å². The van der Waals surface area contributed by atoms with Crippen molar-refractivity contribution in [2.45, 2.75) is 37.8 Å². The molecule has 0 radical (unpaired) electrons. The van der Waals surface area contributed by atoms with Gasteiger partial charge in [-0.25, -0.2) is 8.42 Å². The molecule has 0 aromatic heterocycles. The molecule has 2 amide bonds. The SMILES string of the molecule is CCC(C(=O)NC)N(Cc1ccc(Cl)cc1)C(=O)CN(c1ccc(Cl)cc1)S(=O)(=O)c1ccc(C)cc1. The first-order valence-corrected chi connectivity index (χ1v) is 13.9. The molecule has 37 heavy (non-hydrogen) atoms. The summed E-state index contributed by atoms with van der Waals surface area (Å²) in [6.07, 6.45) is 0.338. The Hall–Kier alpha value is -3.07. The molecule has 0 spiro atoms. The Morgan fingerprint density at radius 3 is 1.95 bits per heavy atom. The zero-order valence-electron chi connectivity index (χ0n) is 20.8. The molecular formula is C27H29Cl2N3O4S. The predicted molar refractivity (Wildman–Crippen MR) is 147 cm³/mol. The molecule has 3 aromatic rings. The highest BCUT2D eigenvalue weighted by Crippen LogP contribution is 2.26. The first-order valence-electron chi connectivity index (χ1n) is 11.7. The second kappa shape index (κ2) is 12.4. The molecule has 0 bridgehead atoms. The van der Waals surface area contributed by atoms with E-state index in [0.717, 1.165) is 15.4 Å². The number of carbonyl (C=O) groups is 2. The highest BCUT2D eigenvalue weighted by Gasteiger charge is 2.33. The highest BCUT2D eigenvalue weighted by atomic mass is 35.5. The van der Waals surface area contributed by atoms with E-state index >= 15 is 0 Å². The van der Waals surface area contributed by atoms with Gasteiger partial charge in [-0.1, -0.05) is 60.0 Å². The van der Waals surface area contributed by atoms with Gasteiger partial charge in [0.25, 0.3) is 10.0 Å². The first-order chi connectivity index (χ1) is 17.6. The molecule has 0 fully saturated rings. The van der Waals surface area contributed by atoms with Gasteiger partial charge >= 0.3 is 0 Å². The van der Waals surface area contributed by atoms with Crippen molar-refractivity contribution in [1.82, 2.24) is 10.2 Å². The Balaban J connectivity index is 2.04. The minimum absolute atomic E-state index is 0.0449. The van der Waals surface area contributed by atoms with Crippen LogP contribution in [0, 0.1) is 6.92 Å². The number of benzene rings is 3. The van der Waals surface area contributed by atoms with Crippen LogP contribution in [0.4, 0.5) is 5.69 Å². The van der Waals surface area contributed by atoms with Crippen LogP contribution in [0.1, 0.15) is 24.5 Å². The molecule has 10 heteroatoms. The van der Waals surface area contributed by atoms with Gasteiger partial charge < -0.3 is 10.2 Å². The quantitative estimate of drug-likeness (QED) is 0.375. The van der Waals surface area contributed by atoms with Gasteiger partial charge in [0.2, 0.25) is 11.8 Å². The topological polar surface area (TPSA) is 86.8 Å². The van der Waals surface area contributed by atoms with Gasteiger partial charge in [0.15, 0.2) is 0 Å². The highest BCUT2D eigenvalue weighted by molar-refractivity contribution is 7.92. The van der Waals surface area contributed by atoms with Gasteiger partial charge in [0.1, 0.15) is 12.6 Å². The average Bonchev–Trinajstić information content (AvgIpc) is 2.88. The van der Waals surface area contributed by atoms with E-state index < -0.39 is 28.5 Å². The molecule has 3 rings (SSSR count). The fraction of sp³-hybridized carbons (Fsp3) is 0.259. The molecule has 1 atom stereocenters. The molecule has 0 aliphatic carbocycles. The number of likely N-dealkylation sites (N-methyl/N-ethyl adjacent to an activating group) is 1. The number of nitrogens with one attached hydrogen (secondary N) is 1. The maximum atomic E-state index is 13.8. The van der Waals surface area contributed by atoms with Crippen LogP contribution in [0.2, 0.25) is 10.0 Å². The second-order valence-corrected chi connectivity index (χ2v) is 11.2. The second-order valence-electron chi connectivity index (χ2n) is 8.49. The van der Waals surface area contributed by atoms with E-state index in [9.17, 15) is 18.0 Å². The maximum absolute atomic E-state index is 13.8. The third kappa shape index (κ3) is 7.03. The average molecular weight is 563 g/mol. The van der Waals surface area contributed by atoms with Crippen LogP contribution in [0.3, 0.4) is 0 Å². The van der Waals surface area contributed by atoms with Crippen molar-refractivity contribution in [3.63, 3.8) is 0 Å². The molecule has 1 N–H and O–H groups in total. The fourth-order valence-electron chi connectivity index (χ4n) is 3.85. The summed E-state index contributed by atoms with van der Waals surface area (Å²) in [5.41, 5.74) is 1.93. The number of amides is 2. The van der Waals surface area contributed by atoms with E-state index in [0.29, 0.717) is 16.5 Å². The lowest BCUT2D eigenvalue weighted by Gasteiger charge is -2.33. The number of halogens is 2. The molecule has 0 saturated heterocycles. The van der Waals surface area contributed by atoms with Gasteiger partial charge in [-0.2, -0.15) is 0 Å². The van der Waals surface area contributed by atoms with Gasteiger partial charge in [-0.3, -0.25) is 13.9 Å². The van der Waals surface area contributed by atoms with E-state index in [2.05, 4.69) is 5.32 Å². The lowest BCUT2D eigenvalue weighted by molar-refractivity contribution is -0.140. The minimum atomic E-state index is -4.12. The van der Waals surface area contributed by atoms with Crippen molar-refractivity contribution in [2.75, 3.05) is 17.9 Å². The van der Waals surface area contributed by atoms with Crippen molar-refractivity contribution in [3.8, 4) is 0 Å². The normalized spacial score (nSPS) is 12.0. The Bertz CT molecular complexity index is 1330. The lowest BCUT2D eigenvalue weighted by Crippen LogP contribution is -2.51. The molecule has 196 valence electrons. The van der Waals surface area contributed by atoms with E-state index in [4.69, 9.17) is 23.2 Å². The number of carbonyl (C=O) groups excluding carboxylic acids is 2. The maximum Gasteiger partial charge on any atom is 0.264 e. The van der Waals surface area contributed by atoms with Gasteiger partial charge in [-0.15, -0.1) is 0 Å². The fourth-order valence-corrected chi connectivity index (χ4v) is 5.51. The zero-order valence-corrected chi connectivity index (χ0v) is 23.1. The van der Waals surface area contributed by atoms with Crippen LogP contribution < -0.4 is 9.62 Å². The molecule has 0 aliphatic rings. The van der Waals surface area contributed by atoms with Crippen LogP contribution in [0.5, 0.6) is 0 Å². The largest absolute Gasteiger partial charge is 0.357 e. The van der Waals surface area contributed by atoms with Crippen molar-refractivity contribution in [3.05, 3.63) is 94.0 Å². The number of rotatable bonds is 10. The van der Waals surface area contributed by atoms with Crippen molar-refractivity contribution < 1.29 is 18.0 Å². The molecule has 3 aromatic carbocycles. The summed E-state index contributed by atoms with van der Waals surface area (Å²) < 4.78 is 28.5. The van der Waals surface area contributed by atoms with Crippen molar-refractivity contribution in [1.29, 1.82) is 0 Å². The summed E-state index contributed by atoms with van der Waals surface area (Å²) in [5.74, 6) is -0.875. The molecule has 1 unspecified atom stereocenters. The van der Waals surface area contributed by atoms with Gasteiger partial charge in [-0.05, 0) is 67.4 Å². The molecular weight excluding hydrogens is 533 g/mol. The summed E-state index contributed by atoms with van der Waals surface area (Å²) in [6, 6.07) is 18.7. The number of hydrogen-bond acceptors (Lipinski definition) is 4. The number of nitrogens with zero attached hydrogens (tertiary/aromatic N) is 2. The predicted octanol–water partition coefficient (Wildman–Crippen LogP) is 5.05. The third-order valence-corrected chi connectivity index (χ3v) is 8.19. The van der Waals surface area contributed by atoms with Crippen LogP contribution in [-0.4, -0.2) is 44.8 Å². The third-order valence-electron chi connectivity index (χ3n) is 5.90. The van der Waals surface area contributed by atoms with Crippen LogP contribution >= 0.6 is 23.2 Å².